The number of thioether (sulfide) groups is 1. The molecule has 1 aliphatic rings. The van der Waals surface area contributed by atoms with Gasteiger partial charge in [0.25, 0.3) is 0 Å². The highest BCUT2D eigenvalue weighted by Gasteiger charge is 2.38. The van der Waals surface area contributed by atoms with E-state index in [1.807, 2.05) is 6.26 Å². The number of amides is 3. The molecule has 0 saturated heterocycles. The minimum atomic E-state index is -1.17. The number of aliphatic carboxylic acids is 2. The number of carboxylic acids is 2. The number of nitrogens with two attached hydrogens (primary N) is 3. The Morgan fingerprint density at radius 2 is 1.51 bits per heavy atom. The third-order valence-corrected chi connectivity index (χ3v) is 5.79. The molecule has 1 aliphatic carbocycles. The molecule has 1 rings (SSSR count). The smallest absolute Gasteiger partial charge is 0.308 e. The molecular formula is C24H49N7O7S. The Kier molecular flexibility index (Phi) is 26.2. The molecule has 9 N–H and O–H groups in total. The summed E-state index contributed by atoms with van der Waals surface area (Å²) >= 11 is 1.52. The Bertz CT molecular complexity index is 792. The van der Waals surface area contributed by atoms with Crippen LogP contribution in [0.5, 0.6) is 0 Å². The van der Waals surface area contributed by atoms with Crippen LogP contribution >= 0.6 is 11.8 Å². The fourth-order valence-electron chi connectivity index (χ4n) is 2.75. The standard InChI is InChI=1S/C12H20N2O4.C6H11NO3.C3H8N4.C2H6S.CH4/c1-6(10(13)15)9(12(17)18)7(2)11(16)14-8-4-3-5-8;1-3(5(7)8)4(2)6(9)10;4-2-1-3-6-7-5;1-3-2;/h6-9H,3-5H2,1-2H3,(H2,13,15)(H,14,16)(H,17,18);3-4H,1-2H3,(H2,7,8)(H,9,10);1-4H2;1-2H3;1H4/i;;;1D;. The molecule has 3 amide bonds. The Morgan fingerprint density at radius 3 is 1.77 bits per heavy atom. The summed E-state index contributed by atoms with van der Waals surface area (Å²) in [6, 6.07) is 0.151. The maximum Gasteiger partial charge on any atom is 0.308 e. The molecule has 15 heteroatoms. The first-order chi connectivity index (χ1) is 18.1. The van der Waals surface area contributed by atoms with Gasteiger partial charge in [0.1, 0.15) is 0 Å². The lowest BCUT2D eigenvalue weighted by Crippen LogP contribution is -2.47. The lowest BCUT2D eigenvalue weighted by atomic mass is 9.82. The molecule has 0 bridgehead atoms. The number of rotatable bonds is 12. The van der Waals surface area contributed by atoms with Crippen LogP contribution in [0, 0.1) is 29.6 Å². The third-order valence-electron chi connectivity index (χ3n) is 5.79. The van der Waals surface area contributed by atoms with Crippen LogP contribution in [-0.4, -0.2) is 71.5 Å². The van der Waals surface area contributed by atoms with Gasteiger partial charge in [0.05, 0.1) is 11.8 Å². The molecule has 0 spiro atoms. The van der Waals surface area contributed by atoms with E-state index in [9.17, 15) is 24.0 Å². The van der Waals surface area contributed by atoms with Crippen molar-refractivity contribution in [3.05, 3.63) is 10.4 Å². The molecule has 1 fully saturated rings. The summed E-state index contributed by atoms with van der Waals surface area (Å²) < 4.78 is 6.41. The zero-order valence-corrected chi connectivity index (χ0v) is 23.6. The molecule has 5 atom stereocenters. The zero-order chi connectivity index (χ0) is 31.1. The Morgan fingerprint density at radius 1 is 1.03 bits per heavy atom. The second-order valence-electron chi connectivity index (χ2n) is 8.68. The topological polar surface area (TPSA) is 265 Å². The highest BCUT2D eigenvalue weighted by atomic mass is 32.2. The number of hydrogen-bond acceptors (Lipinski definition) is 8. The summed E-state index contributed by atoms with van der Waals surface area (Å²) in [7, 11) is 0. The maximum absolute atomic E-state index is 11.9. The van der Waals surface area contributed by atoms with Gasteiger partial charge in [-0.3, -0.25) is 24.0 Å². The van der Waals surface area contributed by atoms with Crippen LogP contribution in [0.3, 0.4) is 0 Å². The molecule has 0 aromatic rings. The number of nitrogens with zero attached hydrogens (tertiary/aromatic N) is 3. The fraction of sp³-hybridized carbons (Fsp3) is 0.792. The molecule has 14 nitrogen and oxygen atoms in total. The molecule has 228 valence electrons. The normalized spacial score (nSPS) is 15.6. The fourth-order valence-corrected chi connectivity index (χ4v) is 2.75. The van der Waals surface area contributed by atoms with Crippen molar-refractivity contribution in [3.63, 3.8) is 0 Å². The first kappa shape index (κ1) is 40.5. The van der Waals surface area contributed by atoms with Crippen LogP contribution in [0.2, 0.25) is 0 Å². The largest absolute Gasteiger partial charge is 0.481 e. The summed E-state index contributed by atoms with van der Waals surface area (Å²) in [5.41, 5.74) is 22.8. The highest BCUT2D eigenvalue weighted by Crippen LogP contribution is 2.24. The average Bonchev–Trinajstić information content (AvgIpc) is 2.85. The van der Waals surface area contributed by atoms with Crippen LogP contribution in [0.4, 0.5) is 0 Å². The van der Waals surface area contributed by atoms with E-state index in [4.69, 9.17) is 34.3 Å². The summed E-state index contributed by atoms with van der Waals surface area (Å²) in [4.78, 5) is 57.3. The summed E-state index contributed by atoms with van der Waals surface area (Å²) in [5, 5.41) is 23.6. The molecule has 0 aromatic carbocycles. The molecule has 0 aliphatic heterocycles. The van der Waals surface area contributed by atoms with Crippen molar-refractivity contribution in [2.45, 2.75) is 66.8 Å². The van der Waals surface area contributed by atoms with Gasteiger partial charge in [-0.25, -0.2) is 0 Å². The lowest BCUT2D eigenvalue weighted by molar-refractivity contribution is -0.151. The predicted molar refractivity (Wildman–Crippen MR) is 153 cm³/mol. The number of carboxylic acid groups (broad SMARTS) is 2. The summed E-state index contributed by atoms with van der Waals surface area (Å²) in [5.74, 6) is -7.78. The monoisotopic (exact) mass is 580 g/mol. The highest BCUT2D eigenvalue weighted by molar-refractivity contribution is 7.97. The van der Waals surface area contributed by atoms with Crippen molar-refractivity contribution in [3.8, 4) is 0 Å². The number of azide groups is 1. The third kappa shape index (κ3) is 20.6. The van der Waals surface area contributed by atoms with Crippen molar-refractivity contribution >= 4 is 41.4 Å². The van der Waals surface area contributed by atoms with Crippen LogP contribution in [0.15, 0.2) is 5.11 Å². The van der Waals surface area contributed by atoms with Gasteiger partial charge in [-0.05, 0) is 50.2 Å². The molecule has 0 aromatic heterocycles. The van der Waals surface area contributed by atoms with E-state index in [2.05, 4.69) is 15.3 Å². The van der Waals surface area contributed by atoms with Gasteiger partial charge in [0, 0.05) is 36.6 Å². The van der Waals surface area contributed by atoms with Crippen LogP contribution < -0.4 is 22.5 Å². The number of carbonyl (C=O) groups excluding carboxylic acids is 3. The number of hydrogen-bond donors (Lipinski definition) is 6. The van der Waals surface area contributed by atoms with Gasteiger partial charge in [-0.1, -0.05) is 40.2 Å². The van der Waals surface area contributed by atoms with Crippen molar-refractivity contribution in [1.82, 2.24) is 5.32 Å². The van der Waals surface area contributed by atoms with Crippen LogP contribution in [-0.2, 0) is 24.0 Å². The first-order valence-electron chi connectivity index (χ1n) is 12.7. The minimum Gasteiger partial charge on any atom is -0.481 e. The summed E-state index contributed by atoms with van der Waals surface area (Å²) in [6.45, 7) is 7.03. The van der Waals surface area contributed by atoms with E-state index in [1.54, 1.807) is 0 Å². The Hall–Kier alpha value is -3.03. The van der Waals surface area contributed by atoms with E-state index in [-0.39, 0.29) is 19.4 Å². The number of carbonyl (C=O) groups is 5. The number of nitrogens with one attached hydrogen (secondary N) is 1. The lowest BCUT2D eigenvalue weighted by Gasteiger charge is -2.30. The summed E-state index contributed by atoms with van der Waals surface area (Å²) in [6.07, 6.45) is 6.12. The second kappa shape index (κ2) is 25.3. The van der Waals surface area contributed by atoms with Crippen molar-refractivity contribution in [1.29, 1.82) is 0 Å². The molecule has 5 unspecified atom stereocenters. The van der Waals surface area contributed by atoms with Gasteiger partial charge >= 0.3 is 11.9 Å². The SMILES string of the molecule is C.CC(C(N)=O)C(C(=O)O)C(C)C(=O)NC1CCC1.CC(C(N)=O)C(C)C(=O)O.[2H]CSC.[N-]=[N+]=NCCCN. The van der Waals surface area contributed by atoms with Gasteiger partial charge in [0.15, 0.2) is 0 Å². The maximum atomic E-state index is 11.9. The number of primary amides is 2. The molecule has 1 saturated carbocycles. The predicted octanol–water partition coefficient (Wildman–Crippen LogP) is 2.20. The van der Waals surface area contributed by atoms with Gasteiger partial charge in [-0.2, -0.15) is 11.8 Å². The average molecular weight is 581 g/mol. The molecular weight excluding hydrogens is 530 g/mol. The zero-order valence-electron chi connectivity index (χ0n) is 23.8. The quantitative estimate of drug-likeness (QED) is 0.0853. The molecule has 0 heterocycles. The van der Waals surface area contributed by atoms with E-state index in [1.165, 1.54) is 39.5 Å². The Balaban J connectivity index is -0.000000249. The first-order valence-corrected chi connectivity index (χ1v) is 13.4. The van der Waals surface area contributed by atoms with Gasteiger partial charge in [0.2, 0.25) is 17.7 Å². The van der Waals surface area contributed by atoms with E-state index in [0.29, 0.717) is 19.3 Å². The minimum absolute atomic E-state index is 0. The van der Waals surface area contributed by atoms with Crippen molar-refractivity contribution in [2.75, 3.05) is 25.6 Å². The van der Waals surface area contributed by atoms with E-state index >= 15 is 0 Å². The second-order valence-corrected chi connectivity index (χ2v) is 9.26. The molecule has 39 heavy (non-hydrogen) atoms. The van der Waals surface area contributed by atoms with Gasteiger partial charge < -0.3 is 32.7 Å². The van der Waals surface area contributed by atoms with Gasteiger partial charge in [-0.15, -0.1) is 0 Å². The molecule has 0 radical (unpaired) electrons. The van der Waals surface area contributed by atoms with Crippen molar-refractivity contribution < 1.29 is 35.6 Å². The van der Waals surface area contributed by atoms with E-state index < -0.39 is 53.3 Å². The van der Waals surface area contributed by atoms with Crippen molar-refractivity contribution in [2.24, 2.45) is 51.9 Å². The Labute approximate surface area is 237 Å². The van der Waals surface area contributed by atoms with Crippen LogP contribution in [0.25, 0.3) is 10.4 Å². The van der Waals surface area contributed by atoms with E-state index in [0.717, 1.165) is 25.7 Å². The van der Waals surface area contributed by atoms with Crippen LogP contribution in [0.1, 0.15) is 62.2 Å².